The van der Waals surface area contributed by atoms with Crippen LogP contribution in [0.5, 0.6) is 0 Å². The minimum atomic E-state index is 0. The molecular formula is C13H21ClN2O. The Labute approximate surface area is 109 Å². The highest BCUT2D eigenvalue weighted by molar-refractivity contribution is 5.91. The van der Waals surface area contributed by atoms with Crippen LogP contribution in [-0.2, 0) is 4.79 Å². The first-order valence-electron chi connectivity index (χ1n) is 5.68. The lowest BCUT2D eigenvalue weighted by atomic mass is 10.0. The van der Waals surface area contributed by atoms with Gasteiger partial charge in [-0.2, -0.15) is 0 Å². The van der Waals surface area contributed by atoms with Crippen molar-refractivity contribution in [2.24, 2.45) is 0 Å². The molecule has 3 nitrogen and oxygen atoms in total. The van der Waals surface area contributed by atoms with Gasteiger partial charge < -0.3 is 10.6 Å². The largest absolute Gasteiger partial charge is 0.326 e. The third-order valence-electron chi connectivity index (χ3n) is 2.46. The van der Waals surface area contributed by atoms with Crippen molar-refractivity contribution in [3.63, 3.8) is 0 Å². The van der Waals surface area contributed by atoms with Gasteiger partial charge in [-0.05, 0) is 24.6 Å². The lowest BCUT2D eigenvalue weighted by Crippen LogP contribution is -2.19. The van der Waals surface area contributed by atoms with Gasteiger partial charge in [0.1, 0.15) is 0 Å². The summed E-state index contributed by atoms with van der Waals surface area (Å²) in [6, 6.07) is 7.95. The fourth-order valence-corrected chi connectivity index (χ4v) is 1.57. The van der Waals surface area contributed by atoms with Crippen LogP contribution < -0.4 is 10.6 Å². The van der Waals surface area contributed by atoms with Crippen LogP contribution in [0.3, 0.4) is 0 Å². The average molecular weight is 257 g/mol. The summed E-state index contributed by atoms with van der Waals surface area (Å²) < 4.78 is 0. The van der Waals surface area contributed by atoms with E-state index in [0.717, 1.165) is 5.69 Å². The SMILES string of the molecule is CNCCC(=O)Nc1ccccc1C(C)C.Cl. The van der Waals surface area contributed by atoms with Crippen molar-refractivity contribution in [3.05, 3.63) is 29.8 Å². The summed E-state index contributed by atoms with van der Waals surface area (Å²) in [5.41, 5.74) is 2.11. The number of hydrogen-bond donors (Lipinski definition) is 2. The van der Waals surface area contributed by atoms with Gasteiger partial charge in [0.15, 0.2) is 0 Å². The quantitative estimate of drug-likeness (QED) is 0.851. The Morgan fingerprint density at radius 3 is 2.53 bits per heavy atom. The molecule has 0 aliphatic rings. The fraction of sp³-hybridized carbons (Fsp3) is 0.462. The Kier molecular flexibility index (Phi) is 7.59. The maximum absolute atomic E-state index is 11.6. The van der Waals surface area contributed by atoms with Crippen molar-refractivity contribution in [2.45, 2.75) is 26.2 Å². The molecule has 1 amide bonds. The second-order valence-corrected chi connectivity index (χ2v) is 4.14. The molecule has 0 aromatic heterocycles. The van der Waals surface area contributed by atoms with E-state index in [1.54, 1.807) is 0 Å². The van der Waals surface area contributed by atoms with E-state index in [1.165, 1.54) is 5.56 Å². The van der Waals surface area contributed by atoms with Crippen LogP contribution in [0, 0.1) is 0 Å². The van der Waals surface area contributed by atoms with Gasteiger partial charge in [0.05, 0.1) is 0 Å². The van der Waals surface area contributed by atoms with Crippen molar-refractivity contribution < 1.29 is 4.79 Å². The number of halogens is 1. The summed E-state index contributed by atoms with van der Waals surface area (Å²) >= 11 is 0. The minimum absolute atomic E-state index is 0. The molecule has 4 heteroatoms. The van der Waals surface area contributed by atoms with Crippen LogP contribution in [0.4, 0.5) is 5.69 Å². The number of nitrogens with one attached hydrogen (secondary N) is 2. The van der Waals surface area contributed by atoms with E-state index in [0.29, 0.717) is 18.9 Å². The molecule has 0 bridgehead atoms. The highest BCUT2D eigenvalue weighted by atomic mass is 35.5. The zero-order valence-electron chi connectivity index (χ0n) is 10.6. The van der Waals surface area contributed by atoms with E-state index in [-0.39, 0.29) is 18.3 Å². The summed E-state index contributed by atoms with van der Waals surface area (Å²) in [5.74, 6) is 0.475. The van der Waals surface area contributed by atoms with Crippen molar-refractivity contribution >= 4 is 24.0 Å². The molecule has 0 saturated heterocycles. The minimum Gasteiger partial charge on any atom is -0.326 e. The number of carbonyl (C=O) groups is 1. The van der Waals surface area contributed by atoms with E-state index in [1.807, 2.05) is 25.2 Å². The maximum Gasteiger partial charge on any atom is 0.225 e. The second kappa shape index (κ2) is 8.09. The Morgan fingerprint density at radius 1 is 1.29 bits per heavy atom. The third-order valence-corrected chi connectivity index (χ3v) is 2.46. The molecule has 1 rings (SSSR count). The molecule has 0 spiro atoms. The van der Waals surface area contributed by atoms with Crippen LogP contribution in [0.1, 0.15) is 31.7 Å². The van der Waals surface area contributed by atoms with E-state index in [2.05, 4.69) is 30.5 Å². The number of carbonyl (C=O) groups excluding carboxylic acids is 1. The summed E-state index contributed by atoms with van der Waals surface area (Å²) in [4.78, 5) is 11.6. The molecule has 1 aromatic carbocycles. The maximum atomic E-state index is 11.6. The average Bonchev–Trinajstić information content (AvgIpc) is 2.27. The van der Waals surface area contributed by atoms with Gasteiger partial charge in [-0.1, -0.05) is 32.0 Å². The molecule has 1 aromatic rings. The van der Waals surface area contributed by atoms with Gasteiger partial charge >= 0.3 is 0 Å². The van der Waals surface area contributed by atoms with Crippen molar-refractivity contribution in [1.29, 1.82) is 0 Å². The Bertz CT molecular complexity index is 353. The normalized spacial score (nSPS) is 9.88. The number of amides is 1. The van der Waals surface area contributed by atoms with Crippen LogP contribution in [0.25, 0.3) is 0 Å². The van der Waals surface area contributed by atoms with Crippen LogP contribution in [-0.4, -0.2) is 19.5 Å². The fourth-order valence-electron chi connectivity index (χ4n) is 1.57. The number of rotatable bonds is 5. The molecule has 0 fully saturated rings. The predicted molar refractivity (Wildman–Crippen MR) is 75.0 cm³/mol. The first-order chi connectivity index (χ1) is 7.65. The van der Waals surface area contributed by atoms with E-state index >= 15 is 0 Å². The highest BCUT2D eigenvalue weighted by Crippen LogP contribution is 2.23. The lowest BCUT2D eigenvalue weighted by Gasteiger charge is -2.13. The summed E-state index contributed by atoms with van der Waals surface area (Å²) in [6.07, 6.45) is 0.503. The topological polar surface area (TPSA) is 41.1 Å². The predicted octanol–water partition coefficient (Wildman–Crippen LogP) is 2.78. The molecule has 0 unspecified atom stereocenters. The number of anilines is 1. The Morgan fingerprint density at radius 2 is 1.94 bits per heavy atom. The number of hydrogen-bond acceptors (Lipinski definition) is 2. The first-order valence-corrected chi connectivity index (χ1v) is 5.68. The molecule has 17 heavy (non-hydrogen) atoms. The van der Waals surface area contributed by atoms with Gasteiger partial charge in [-0.15, -0.1) is 12.4 Å². The van der Waals surface area contributed by atoms with E-state index in [9.17, 15) is 4.79 Å². The zero-order valence-corrected chi connectivity index (χ0v) is 11.4. The van der Waals surface area contributed by atoms with E-state index in [4.69, 9.17) is 0 Å². The molecule has 0 aliphatic carbocycles. The Hall–Kier alpha value is -1.06. The van der Waals surface area contributed by atoms with Crippen LogP contribution >= 0.6 is 12.4 Å². The monoisotopic (exact) mass is 256 g/mol. The molecule has 0 aliphatic heterocycles. The molecule has 0 radical (unpaired) electrons. The standard InChI is InChI=1S/C13H20N2O.ClH/c1-10(2)11-6-4-5-7-12(11)15-13(16)8-9-14-3;/h4-7,10,14H,8-9H2,1-3H3,(H,15,16);1H. The van der Waals surface area contributed by atoms with Crippen LogP contribution in [0.2, 0.25) is 0 Å². The molecule has 0 heterocycles. The summed E-state index contributed by atoms with van der Waals surface area (Å²) in [5, 5.41) is 5.91. The number of benzene rings is 1. The van der Waals surface area contributed by atoms with Gasteiger partial charge in [0, 0.05) is 18.7 Å². The van der Waals surface area contributed by atoms with Crippen molar-refractivity contribution in [3.8, 4) is 0 Å². The molecule has 96 valence electrons. The van der Waals surface area contributed by atoms with Crippen LogP contribution in [0.15, 0.2) is 24.3 Å². The highest BCUT2D eigenvalue weighted by Gasteiger charge is 2.08. The first kappa shape index (κ1) is 15.9. The molecule has 0 saturated carbocycles. The van der Waals surface area contributed by atoms with Crippen molar-refractivity contribution in [1.82, 2.24) is 5.32 Å². The lowest BCUT2D eigenvalue weighted by molar-refractivity contribution is -0.116. The van der Waals surface area contributed by atoms with Gasteiger partial charge in [-0.25, -0.2) is 0 Å². The molecular weight excluding hydrogens is 236 g/mol. The van der Waals surface area contributed by atoms with Gasteiger partial charge in [0.25, 0.3) is 0 Å². The Balaban J connectivity index is 0.00000256. The molecule has 2 N–H and O–H groups in total. The third kappa shape index (κ3) is 5.20. The van der Waals surface area contributed by atoms with Gasteiger partial charge in [0.2, 0.25) is 5.91 Å². The van der Waals surface area contributed by atoms with Gasteiger partial charge in [-0.3, -0.25) is 4.79 Å². The molecule has 0 atom stereocenters. The van der Waals surface area contributed by atoms with Crippen molar-refractivity contribution in [2.75, 3.05) is 18.9 Å². The second-order valence-electron chi connectivity index (χ2n) is 4.14. The number of para-hydroxylation sites is 1. The zero-order chi connectivity index (χ0) is 12.0. The summed E-state index contributed by atoms with van der Waals surface area (Å²) in [6.45, 7) is 4.95. The van der Waals surface area contributed by atoms with E-state index < -0.39 is 0 Å². The summed E-state index contributed by atoms with van der Waals surface area (Å²) in [7, 11) is 1.84. The smallest absolute Gasteiger partial charge is 0.225 e.